The van der Waals surface area contributed by atoms with Crippen LogP contribution in [0.2, 0.25) is 0 Å². The van der Waals surface area contributed by atoms with Gasteiger partial charge in [0.05, 0.1) is 11.4 Å². The van der Waals surface area contributed by atoms with Gasteiger partial charge in [-0.2, -0.15) is 0 Å². The molecule has 0 atom stereocenters. The van der Waals surface area contributed by atoms with Gasteiger partial charge in [0.2, 0.25) is 0 Å². The van der Waals surface area contributed by atoms with Crippen molar-refractivity contribution in [2.24, 2.45) is 5.73 Å². The van der Waals surface area contributed by atoms with Crippen molar-refractivity contribution in [1.82, 2.24) is 0 Å². The van der Waals surface area contributed by atoms with Gasteiger partial charge in [-0.1, -0.05) is 13.0 Å². The van der Waals surface area contributed by atoms with E-state index in [1.807, 2.05) is 0 Å². The van der Waals surface area contributed by atoms with Crippen molar-refractivity contribution in [1.29, 1.82) is 0 Å². The van der Waals surface area contributed by atoms with Gasteiger partial charge in [-0.15, -0.1) is 0 Å². The number of nitrogens with zero attached hydrogens (tertiary/aromatic N) is 2. The summed E-state index contributed by atoms with van der Waals surface area (Å²) in [4.78, 5) is 4.88. The lowest BCUT2D eigenvalue weighted by molar-refractivity contribution is 0.710. The summed E-state index contributed by atoms with van der Waals surface area (Å²) in [5, 5.41) is 0. The molecule has 1 aliphatic heterocycles. The fourth-order valence-electron chi connectivity index (χ4n) is 2.62. The van der Waals surface area contributed by atoms with Gasteiger partial charge in [0.25, 0.3) is 0 Å². The minimum absolute atomic E-state index is 0.773. The molecule has 1 aromatic rings. The number of benzene rings is 1. The van der Waals surface area contributed by atoms with E-state index in [0.29, 0.717) is 0 Å². The topological polar surface area (TPSA) is 32.5 Å². The van der Waals surface area contributed by atoms with Crippen LogP contribution < -0.4 is 15.5 Å². The first-order valence-electron chi connectivity index (χ1n) is 7.05. The summed E-state index contributed by atoms with van der Waals surface area (Å²) in [5.41, 5.74) is 9.82. The Morgan fingerprint density at radius 1 is 1.22 bits per heavy atom. The van der Waals surface area contributed by atoms with E-state index in [9.17, 15) is 0 Å². The molecule has 0 amide bonds. The minimum Gasteiger partial charge on any atom is -0.373 e. The molecule has 0 aromatic heterocycles. The average Bonchev–Trinajstić information content (AvgIpc) is 2.56. The first-order valence-corrected chi connectivity index (χ1v) is 7.05. The first kappa shape index (κ1) is 13.2. The summed E-state index contributed by atoms with van der Waals surface area (Å²) in [6, 6.07) is 6.88. The Hall–Kier alpha value is -1.22. The number of hydrogen-bond donors (Lipinski definition) is 1. The standard InChI is InChI=1S/C15H25N3/c1-3-13-6-7-14-15(12-13)18(10-4-8-16)11-5-9-17(14)2/h6-7,12H,3-5,8-11,16H2,1-2H3. The second kappa shape index (κ2) is 6.10. The zero-order chi connectivity index (χ0) is 13.0. The smallest absolute Gasteiger partial charge is 0.0606 e. The van der Waals surface area contributed by atoms with Gasteiger partial charge < -0.3 is 15.5 Å². The molecule has 0 saturated heterocycles. The Morgan fingerprint density at radius 2 is 2.06 bits per heavy atom. The summed E-state index contributed by atoms with van der Waals surface area (Å²) >= 11 is 0. The number of fused-ring (bicyclic) bond motifs is 1. The van der Waals surface area contributed by atoms with Gasteiger partial charge in [0, 0.05) is 26.7 Å². The predicted molar refractivity (Wildman–Crippen MR) is 79.6 cm³/mol. The average molecular weight is 247 g/mol. The van der Waals surface area contributed by atoms with Crippen molar-refractivity contribution in [2.45, 2.75) is 26.2 Å². The number of hydrogen-bond acceptors (Lipinski definition) is 3. The van der Waals surface area contributed by atoms with Gasteiger partial charge in [-0.25, -0.2) is 0 Å². The van der Waals surface area contributed by atoms with Crippen LogP contribution in [0.3, 0.4) is 0 Å². The highest BCUT2D eigenvalue weighted by Crippen LogP contribution is 2.32. The zero-order valence-corrected chi connectivity index (χ0v) is 11.7. The molecule has 0 fully saturated rings. The maximum Gasteiger partial charge on any atom is 0.0606 e. The molecule has 0 aliphatic carbocycles. The molecule has 0 bridgehead atoms. The first-order chi connectivity index (χ1) is 8.76. The SMILES string of the molecule is CCc1ccc2c(c1)N(CCCN)CCCN2C. The van der Waals surface area contributed by atoms with Crippen molar-refractivity contribution in [3.8, 4) is 0 Å². The largest absolute Gasteiger partial charge is 0.373 e. The lowest BCUT2D eigenvalue weighted by atomic mass is 10.1. The van der Waals surface area contributed by atoms with Crippen LogP contribution in [-0.2, 0) is 6.42 Å². The van der Waals surface area contributed by atoms with Crippen LogP contribution in [0.4, 0.5) is 11.4 Å². The van der Waals surface area contributed by atoms with Gasteiger partial charge in [-0.05, 0) is 43.5 Å². The molecule has 1 aromatic carbocycles. The highest BCUT2D eigenvalue weighted by molar-refractivity contribution is 5.72. The monoisotopic (exact) mass is 247 g/mol. The number of rotatable bonds is 4. The maximum atomic E-state index is 5.65. The molecule has 100 valence electrons. The number of nitrogens with two attached hydrogens (primary N) is 1. The van der Waals surface area contributed by atoms with Crippen LogP contribution in [0.5, 0.6) is 0 Å². The molecule has 2 rings (SSSR count). The van der Waals surface area contributed by atoms with Crippen molar-refractivity contribution >= 4 is 11.4 Å². The van der Waals surface area contributed by atoms with Crippen molar-refractivity contribution in [3.05, 3.63) is 23.8 Å². The normalized spacial score (nSPS) is 15.5. The lowest BCUT2D eigenvalue weighted by Crippen LogP contribution is -2.26. The van der Waals surface area contributed by atoms with E-state index in [1.54, 1.807) is 0 Å². The highest BCUT2D eigenvalue weighted by atomic mass is 15.2. The van der Waals surface area contributed by atoms with Crippen molar-refractivity contribution in [2.75, 3.05) is 43.0 Å². The fourth-order valence-corrected chi connectivity index (χ4v) is 2.62. The minimum atomic E-state index is 0.773. The van der Waals surface area contributed by atoms with E-state index in [4.69, 9.17) is 5.73 Å². The summed E-state index contributed by atoms with van der Waals surface area (Å²) in [6.07, 6.45) is 3.39. The van der Waals surface area contributed by atoms with Gasteiger partial charge in [-0.3, -0.25) is 0 Å². The lowest BCUT2D eigenvalue weighted by Gasteiger charge is -2.26. The molecule has 0 radical (unpaired) electrons. The molecule has 1 heterocycles. The number of anilines is 2. The summed E-state index contributed by atoms with van der Waals surface area (Å²) < 4.78 is 0. The molecule has 3 heteroatoms. The third-order valence-electron chi connectivity index (χ3n) is 3.75. The Morgan fingerprint density at radius 3 is 2.78 bits per heavy atom. The van der Waals surface area contributed by atoms with Gasteiger partial charge in [0.1, 0.15) is 0 Å². The van der Waals surface area contributed by atoms with E-state index < -0.39 is 0 Å². The quantitative estimate of drug-likeness (QED) is 0.885. The van der Waals surface area contributed by atoms with Crippen LogP contribution in [-0.4, -0.2) is 33.2 Å². The fraction of sp³-hybridized carbons (Fsp3) is 0.600. The Kier molecular flexibility index (Phi) is 4.48. The van der Waals surface area contributed by atoms with Crippen molar-refractivity contribution in [3.63, 3.8) is 0 Å². The van der Waals surface area contributed by atoms with Gasteiger partial charge in [0.15, 0.2) is 0 Å². The molecule has 18 heavy (non-hydrogen) atoms. The van der Waals surface area contributed by atoms with Crippen LogP contribution in [0.25, 0.3) is 0 Å². The van der Waals surface area contributed by atoms with Crippen LogP contribution in [0.1, 0.15) is 25.3 Å². The molecular formula is C15H25N3. The van der Waals surface area contributed by atoms with Gasteiger partial charge >= 0.3 is 0 Å². The highest BCUT2D eigenvalue weighted by Gasteiger charge is 2.18. The molecular weight excluding hydrogens is 222 g/mol. The molecule has 0 unspecified atom stereocenters. The van der Waals surface area contributed by atoms with E-state index in [2.05, 4.69) is 42.0 Å². The second-order valence-electron chi connectivity index (χ2n) is 5.08. The molecule has 1 aliphatic rings. The third kappa shape index (κ3) is 2.78. The second-order valence-corrected chi connectivity index (χ2v) is 5.08. The summed E-state index contributed by atoms with van der Waals surface area (Å²) in [5.74, 6) is 0. The molecule has 0 saturated carbocycles. The van der Waals surface area contributed by atoms with Crippen LogP contribution >= 0.6 is 0 Å². The van der Waals surface area contributed by atoms with E-state index in [0.717, 1.165) is 39.0 Å². The van der Waals surface area contributed by atoms with E-state index in [1.165, 1.54) is 23.4 Å². The zero-order valence-electron chi connectivity index (χ0n) is 11.7. The van der Waals surface area contributed by atoms with E-state index in [-0.39, 0.29) is 0 Å². The molecule has 0 spiro atoms. The number of aryl methyl sites for hydroxylation is 1. The Balaban J connectivity index is 2.32. The Labute approximate surface area is 111 Å². The van der Waals surface area contributed by atoms with Crippen LogP contribution in [0, 0.1) is 0 Å². The third-order valence-corrected chi connectivity index (χ3v) is 3.75. The molecule has 2 N–H and O–H groups in total. The maximum absolute atomic E-state index is 5.65. The van der Waals surface area contributed by atoms with Crippen molar-refractivity contribution < 1.29 is 0 Å². The van der Waals surface area contributed by atoms with E-state index >= 15 is 0 Å². The summed E-state index contributed by atoms with van der Waals surface area (Å²) in [7, 11) is 2.19. The Bertz CT molecular complexity index is 389. The summed E-state index contributed by atoms with van der Waals surface area (Å²) in [6.45, 7) is 6.34. The van der Waals surface area contributed by atoms with Crippen LogP contribution in [0.15, 0.2) is 18.2 Å². The molecule has 3 nitrogen and oxygen atoms in total. The predicted octanol–water partition coefficient (Wildman–Crippen LogP) is 2.24.